The van der Waals surface area contributed by atoms with E-state index in [0.29, 0.717) is 18.0 Å². The number of rotatable bonds is 6. The number of nitrogens with zero attached hydrogens (tertiary/aromatic N) is 3. The normalized spacial score (nSPS) is 17.0. The van der Waals surface area contributed by atoms with E-state index in [0.717, 1.165) is 36.0 Å². The van der Waals surface area contributed by atoms with Gasteiger partial charge in [-0.25, -0.2) is 9.67 Å². The standard InChI is InChI=1S/C18H27N5O.2ClH/c1-5-12(3)23-16-15(9-20-23)14(8-11(2)21-16)17(24)22-18(4,10-19)13-6-7-13;;/h8-9,12-13H,5-7,10,19H2,1-4H3,(H,22,24);2*1H. The summed E-state index contributed by atoms with van der Waals surface area (Å²) in [6, 6.07) is 2.08. The lowest BCUT2D eigenvalue weighted by Gasteiger charge is -2.29. The Labute approximate surface area is 167 Å². The van der Waals surface area contributed by atoms with Gasteiger partial charge in [0.15, 0.2) is 5.65 Å². The van der Waals surface area contributed by atoms with Crippen molar-refractivity contribution in [1.82, 2.24) is 20.1 Å². The average molecular weight is 402 g/mol. The number of carbonyl (C=O) groups excluding carboxylic acids is 1. The molecule has 2 aromatic heterocycles. The molecule has 2 aromatic rings. The maximum absolute atomic E-state index is 12.9. The van der Waals surface area contributed by atoms with E-state index in [1.165, 1.54) is 0 Å². The highest BCUT2D eigenvalue weighted by atomic mass is 35.5. The number of halogens is 2. The van der Waals surface area contributed by atoms with Gasteiger partial charge in [-0.2, -0.15) is 5.10 Å². The molecule has 2 atom stereocenters. The summed E-state index contributed by atoms with van der Waals surface area (Å²) < 4.78 is 1.90. The van der Waals surface area contributed by atoms with Gasteiger partial charge in [0.25, 0.3) is 5.91 Å². The maximum Gasteiger partial charge on any atom is 0.252 e. The Kier molecular flexibility index (Phi) is 7.45. The Balaban J connectivity index is 0.00000169. The van der Waals surface area contributed by atoms with E-state index in [4.69, 9.17) is 5.73 Å². The molecule has 0 spiro atoms. The number of carbonyl (C=O) groups is 1. The van der Waals surface area contributed by atoms with Crippen molar-refractivity contribution < 1.29 is 4.79 Å². The van der Waals surface area contributed by atoms with E-state index in [-0.39, 0.29) is 42.3 Å². The van der Waals surface area contributed by atoms with Crippen LogP contribution in [0.3, 0.4) is 0 Å². The zero-order valence-corrected chi connectivity index (χ0v) is 17.4. The summed E-state index contributed by atoms with van der Waals surface area (Å²) in [6.45, 7) is 8.62. The van der Waals surface area contributed by atoms with Gasteiger partial charge in [-0.05, 0) is 52.0 Å². The molecule has 0 saturated heterocycles. The maximum atomic E-state index is 12.9. The molecule has 2 unspecified atom stereocenters. The molecule has 8 heteroatoms. The molecule has 1 aliphatic carbocycles. The molecular weight excluding hydrogens is 373 g/mol. The summed E-state index contributed by atoms with van der Waals surface area (Å²) in [6.07, 6.45) is 4.97. The van der Waals surface area contributed by atoms with Crippen LogP contribution in [0.1, 0.15) is 62.1 Å². The number of aryl methyl sites for hydroxylation is 1. The van der Waals surface area contributed by atoms with Crippen molar-refractivity contribution in [3.8, 4) is 0 Å². The minimum Gasteiger partial charge on any atom is -0.345 e. The molecular formula is C18H29Cl2N5O. The second kappa shape index (κ2) is 8.55. The van der Waals surface area contributed by atoms with Crippen molar-refractivity contribution in [1.29, 1.82) is 0 Å². The third-order valence-electron chi connectivity index (χ3n) is 5.25. The van der Waals surface area contributed by atoms with Crippen LogP contribution in [-0.2, 0) is 0 Å². The molecule has 1 aliphatic rings. The van der Waals surface area contributed by atoms with E-state index in [9.17, 15) is 4.79 Å². The summed E-state index contributed by atoms with van der Waals surface area (Å²) >= 11 is 0. The number of pyridine rings is 1. The fourth-order valence-corrected chi connectivity index (χ4v) is 3.19. The van der Waals surface area contributed by atoms with E-state index in [1.807, 2.05) is 24.6 Å². The predicted octanol–water partition coefficient (Wildman–Crippen LogP) is 3.41. The lowest BCUT2D eigenvalue weighted by atomic mass is 9.95. The van der Waals surface area contributed by atoms with E-state index in [2.05, 4.69) is 29.2 Å². The number of nitrogens with one attached hydrogen (secondary N) is 1. The molecule has 1 saturated carbocycles. The molecule has 0 bridgehead atoms. The SMILES string of the molecule is CCC(C)n1ncc2c(C(=O)NC(C)(CN)C3CC3)cc(C)nc21.Cl.Cl. The minimum absolute atomic E-state index is 0. The third-order valence-corrected chi connectivity index (χ3v) is 5.25. The zero-order valence-electron chi connectivity index (χ0n) is 15.8. The van der Waals surface area contributed by atoms with E-state index < -0.39 is 0 Å². The number of hydrogen-bond donors (Lipinski definition) is 2. The Hall–Kier alpha value is -1.37. The van der Waals surface area contributed by atoms with Crippen LogP contribution >= 0.6 is 24.8 Å². The first-order valence-electron chi connectivity index (χ1n) is 8.77. The van der Waals surface area contributed by atoms with Crippen molar-refractivity contribution >= 4 is 41.8 Å². The summed E-state index contributed by atoms with van der Waals surface area (Å²) in [5, 5.41) is 8.43. The van der Waals surface area contributed by atoms with Crippen molar-refractivity contribution in [2.45, 2.75) is 58.5 Å². The zero-order chi connectivity index (χ0) is 17.5. The summed E-state index contributed by atoms with van der Waals surface area (Å²) in [5.74, 6) is 0.391. The van der Waals surface area contributed by atoms with Crippen LogP contribution in [0.4, 0.5) is 0 Å². The molecule has 6 nitrogen and oxygen atoms in total. The minimum atomic E-state index is -0.340. The second-order valence-electron chi connectivity index (χ2n) is 7.24. The number of aromatic nitrogens is 3. The van der Waals surface area contributed by atoms with Crippen LogP contribution in [0.15, 0.2) is 12.3 Å². The van der Waals surface area contributed by atoms with Gasteiger partial charge in [0.2, 0.25) is 0 Å². The lowest BCUT2D eigenvalue weighted by molar-refractivity contribution is 0.0899. The molecule has 0 aliphatic heterocycles. The van der Waals surface area contributed by atoms with Crippen LogP contribution < -0.4 is 11.1 Å². The van der Waals surface area contributed by atoms with Crippen LogP contribution in [0.2, 0.25) is 0 Å². The first-order chi connectivity index (χ1) is 11.4. The molecule has 1 fully saturated rings. The Morgan fingerprint density at radius 2 is 2.12 bits per heavy atom. The first-order valence-corrected chi connectivity index (χ1v) is 8.77. The molecule has 26 heavy (non-hydrogen) atoms. The summed E-state index contributed by atoms with van der Waals surface area (Å²) in [7, 11) is 0. The van der Waals surface area contributed by atoms with Gasteiger partial charge in [0, 0.05) is 12.2 Å². The van der Waals surface area contributed by atoms with Crippen molar-refractivity contribution in [3.63, 3.8) is 0 Å². The van der Waals surface area contributed by atoms with Crippen molar-refractivity contribution in [2.24, 2.45) is 11.7 Å². The molecule has 1 amide bonds. The molecule has 3 rings (SSSR count). The first kappa shape index (κ1) is 22.7. The van der Waals surface area contributed by atoms with Crippen LogP contribution in [0.5, 0.6) is 0 Å². The third kappa shape index (κ3) is 4.13. The smallest absolute Gasteiger partial charge is 0.252 e. The number of hydrogen-bond acceptors (Lipinski definition) is 4. The summed E-state index contributed by atoms with van der Waals surface area (Å²) in [5.41, 5.74) is 7.82. The Bertz CT molecular complexity index is 774. The average Bonchev–Trinajstić information content (AvgIpc) is 3.34. The quantitative estimate of drug-likeness (QED) is 0.776. The number of amides is 1. The highest BCUT2D eigenvalue weighted by Gasteiger charge is 2.41. The Morgan fingerprint density at radius 1 is 1.46 bits per heavy atom. The molecule has 0 aromatic carbocycles. The highest BCUT2D eigenvalue weighted by molar-refractivity contribution is 6.05. The van der Waals surface area contributed by atoms with Crippen LogP contribution in [-0.4, -0.2) is 32.8 Å². The topological polar surface area (TPSA) is 85.8 Å². The number of fused-ring (bicyclic) bond motifs is 1. The van der Waals surface area contributed by atoms with Crippen LogP contribution in [0, 0.1) is 12.8 Å². The van der Waals surface area contributed by atoms with E-state index >= 15 is 0 Å². The Morgan fingerprint density at radius 3 is 2.65 bits per heavy atom. The van der Waals surface area contributed by atoms with Gasteiger partial charge in [-0.3, -0.25) is 4.79 Å². The molecule has 0 radical (unpaired) electrons. The van der Waals surface area contributed by atoms with Gasteiger partial charge in [0.05, 0.1) is 28.7 Å². The van der Waals surface area contributed by atoms with Gasteiger partial charge in [0.1, 0.15) is 0 Å². The second-order valence-corrected chi connectivity index (χ2v) is 7.24. The monoisotopic (exact) mass is 401 g/mol. The fraction of sp³-hybridized carbons (Fsp3) is 0.611. The van der Waals surface area contributed by atoms with Gasteiger partial charge in [-0.15, -0.1) is 24.8 Å². The van der Waals surface area contributed by atoms with Gasteiger partial charge in [-0.1, -0.05) is 6.92 Å². The van der Waals surface area contributed by atoms with Crippen molar-refractivity contribution in [3.05, 3.63) is 23.5 Å². The van der Waals surface area contributed by atoms with Gasteiger partial charge < -0.3 is 11.1 Å². The number of nitrogens with two attached hydrogens (primary N) is 1. The lowest BCUT2D eigenvalue weighted by Crippen LogP contribution is -2.53. The van der Waals surface area contributed by atoms with Crippen LogP contribution in [0.25, 0.3) is 11.0 Å². The molecule has 2 heterocycles. The van der Waals surface area contributed by atoms with E-state index in [1.54, 1.807) is 6.20 Å². The highest BCUT2D eigenvalue weighted by Crippen LogP contribution is 2.39. The molecule has 146 valence electrons. The van der Waals surface area contributed by atoms with Crippen molar-refractivity contribution in [2.75, 3.05) is 6.54 Å². The molecule has 3 N–H and O–H groups in total. The van der Waals surface area contributed by atoms with Gasteiger partial charge >= 0.3 is 0 Å². The summed E-state index contributed by atoms with van der Waals surface area (Å²) in [4.78, 5) is 17.5. The predicted molar refractivity (Wildman–Crippen MR) is 109 cm³/mol. The largest absolute Gasteiger partial charge is 0.345 e. The fourth-order valence-electron chi connectivity index (χ4n) is 3.19.